The molecule has 7 heteroatoms. The highest BCUT2D eigenvalue weighted by molar-refractivity contribution is 7.99. The molecule has 0 amide bonds. The van der Waals surface area contributed by atoms with Crippen LogP contribution in [-0.2, 0) is 0 Å². The Hall–Kier alpha value is -2.02. The van der Waals surface area contributed by atoms with Gasteiger partial charge in [0, 0.05) is 22.2 Å². The van der Waals surface area contributed by atoms with Crippen LogP contribution < -0.4 is 11.4 Å². The molecule has 0 spiro atoms. The zero-order valence-electron chi connectivity index (χ0n) is 11.5. The van der Waals surface area contributed by atoms with Crippen molar-refractivity contribution in [1.82, 2.24) is 14.8 Å². The van der Waals surface area contributed by atoms with Crippen LogP contribution in [0.25, 0.3) is 0 Å². The quantitative estimate of drug-likeness (QED) is 0.664. The highest BCUT2D eigenvalue weighted by Crippen LogP contribution is 2.29. The molecule has 0 unspecified atom stereocenters. The second-order valence-corrected chi connectivity index (χ2v) is 5.72. The van der Waals surface area contributed by atoms with Gasteiger partial charge in [-0.2, -0.15) is 0 Å². The van der Waals surface area contributed by atoms with Crippen molar-refractivity contribution in [3.8, 4) is 0 Å². The van der Waals surface area contributed by atoms with E-state index in [1.165, 1.54) is 18.7 Å². The second kappa shape index (κ2) is 5.54. The van der Waals surface area contributed by atoms with Crippen LogP contribution in [0.1, 0.15) is 37.2 Å². The van der Waals surface area contributed by atoms with Gasteiger partial charge in [-0.1, -0.05) is 0 Å². The molecule has 20 heavy (non-hydrogen) atoms. The molecule has 0 aliphatic carbocycles. The van der Waals surface area contributed by atoms with Gasteiger partial charge >= 0.3 is 5.69 Å². The number of ketones is 1. The molecule has 0 fully saturated rings. The minimum Gasteiger partial charge on any atom is -0.398 e. The predicted octanol–water partition coefficient (Wildman–Crippen LogP) is 2.09. The van der Waals surface area contributed by atoms with Gasteiger partial charge in [0.15, 0.2) is 10.9 Å². The summed E-state index contributed by atoms with van der Waals surface area (Å²) in [4.78, 5) is 23.8. The lowest BCUT2D eigenvalue weighted by Crippen LogP contribution is -2.19. The third-order valence-electron chi connectivity index (χ3n) is 2.80. The third-order valence-corrected chi connectivity index (χ3v) is 3.76. The molecule has 0 bridgehead atoms. The van der Waals surface area contributed by atoms with Crippen molar-refractivity contribution >= 4 is 23.2 Å². The van der Waals surface area contributed by atoms with Crippen LogP contribution in [0, 0.1) is 0 Å². The van der Waals surface area contributed by atoms with E-state index in [2.05, 4.69) is 10.2 Å². The first kappa shape index (κ1) is 14.4. The van der Waals surface area contributed by atoms with Crippen molar-refractivity contribution < 1.29 is 4.79 Å². The lowest BCUT2D eigenvalue weighted by Gasteiger charge is -2.09. The zero-order chi connectivity index (χ0) is 14.9. The molecule has 0 atom stereocenters. The number of nitrogens with one attached hydrogen (secondary N) is 1. The second-order valence-electron chi connectivity index (χ2n) is 4.68. The Morgan fingerprint density at radius 2 is 2.15 bits per heavy atom. The van der Waals surface area contributed by atoms with Crippen LogP contribution in [0.15, 0.2) is 33.0 Å². The maximum atomic E-state index is 11.6. The van der Waals surface area contributed by atoms with E-state index in [4.69, 9.17) is 5.73 Å². The SMILES string of the molecule is CC(=O)c1ccc(Sc2n[nH]c(=O)n2C(C)C)cc1N. The monoisotopic (exact) mass is 292 g/mol. The van der Waals surface area contributed by atoms with Gasteiger partial charge in [0.05, 0.1) is 0 Å². The molecule has 6 nitrogen and oxygen atoms in total. The van der Waals surface area contributed by atoms with E-state index in [1.807, 2.05) is 13.8 Å². The normalized spacial score (nSPS) is 11.0. The van der Waals surface area contributed by atoms with Crippen LogP contribution in [0.3, 0.4) is 0 Å². The van der Waals surface area contributed by atoms with Gasteiger partial charge in [-0.3, -0.25) is 9.36 Å². The van der Waals surface area contributed by atoms with Crippen molar-refractivity contribution in [2.75, 3.05) is 5.73 Å². The lowest BCUT2D eigenvalue weighted by atomic mass is 10.1. The molecular formula is C13H16N4O2S. The van der Waals surface area contributed by atoms with Crippen LogP contribution in [0.5, 0.6) is 0 Å². The number of aromatic amines is 1. The Bertz CT molecular complexity index is 703. The van der Waals surface area contributed by atoms with Crippen LogP contribution in [0.4, 0.5) is 5.69 Å². The van der Waals surface area contributed by atoms with Crippen LogP contribution in [-0.4, -0.2) is 20.5 Å². The maximum Gasteiger partial charge on any atom is 0.344 e. The average Bonchev–Trinajstić information content (AvgIpc) is 2.70. The minimum atomic E-state index is -0.240. The van der Waals surface area contributed by atoms with Crippen molar-refractivity contribution in [1.29, 1.82) is 0 Å². The Morgan fingerprint density at radius 1 is 1.45 bits per heavy atom. The number of carbonyl (C=O) groups is 1. The first-order valence-electron chi connectivity index (χ1n) is 6.15. The summed E-state index contributed by atoms with van der Waals surface area (Å²) in [5, 5.41) is 7.00. The van der Waals surface area contributed by atoms with E-state index in [1.54, 1.807) is 22.8 Å². The molecule has 2 aromatic rings. The molecule has 0 aliphatic rings. The van der Waals surface area contributed by atoms with Crippen molar-refractivity contribution in [2.24, 2.45) is 0 Å². The molecule has 3 N–H and O–H groups in total. The van der Waals surface area contributed by atoms with E-state index >= 15 is 0 Å². The maximum absolute atomic E-state index is 11.6. The number of aromatic nitrogens is 3. The van der Waals surface area contributed by atoms with Gasteiger partial charge in [0.1, 0.15) is 0 Å². The van der Waals surface area contributed by atoms with Gasteiger partial charge in [-0.25, -0.2) is 9.89 Å². The third kappa shape index (κ3) is 2.77. The Kier molecular flexibility index (Phi) is 3.99. The highest BCUT2D eigenvalue weighted by atomic mass is 32.2. The summed E-state index contributed by atoms with van der Waals surface area (Å²) >= 11 is 1.33. The molecule has 0 saturated carbocycles. The molecule has 1 aromatic heterocycles. The van der Waals surface area contributed by atoms with E-state index < -0.39 is 0 Å². The van der Waals surface area contributed by atoms with Gasteiger partial charge in [0.25, 0.3) is 0 Å². The van der Waals surface area contributed by atoms with E-state index in [-0.39, 0.29) is 17.5 Å². The molecule has 1 heterocycles. The zero-order valence-corrected chi connectivity index (χ0v) is 12.3. The number of rotatable bonds is 4. The van der Waals surface area contributed by atoms with E-state index in [9.17, 15) is 9.59 Å². The van der Waals surface area contributed by atoms with Crippen molar-refractivity contribution in [2.45, 2.75) is 36.9 Å². The topological polar surface area (TPSA) is 93.8 Å². The summed E-state index contributed by atoms with van der Waals surface area (Å²) in [5.74, 6) is -0.0714. The summed E-state index contributed by atoms with van der Waals surface area (Å²) in [5.41, 5.74) is 6.53. The first-order chi connectivity index (χ1) is 9.40. The summed E-state index contributed by atoms with van der Waals surface area (Å²) in [6.07, 6.45) is 0. The number of H-pyrrole nitrogens is 1. The number of benzene rings is 1. The Morgan fingerprint density at radius 3 is 2.70 bits per heavy atom. The molecule has 0 saturated heterocycles. The highest BCUT2D eigenvalue weighted by Gasteiger charge is 2.13. The molecule has 1 aromatic carbocycles. The van der Waals surface area contributed by atoms with E-state index in [0.29, 0.717) is 16.4 Å². The van der Waals surface area contributed by atoms with Gasteiger partial charge < -0.3 is 5.73 Å². The lowest BCUT2D eigenvalue weighted by molar-refractivity contribution is 0.101. The van der Waals surface area contributed by atoms with Gasteiger partial charge in [-0.15, -0.1) is 5.10 Å². The molecular weight excluding hydrogens is 276 g/mol. The van der Waals surface area contributed by atoms with E-state index in [0.717, 1.165) is 4.90 Å². The Balaban J connectivity index is 2.34. The predicted molar refractivity (Wildman–Crippen MR) is 78.2 cm³/mol. The number of hydrogen-bond donors (Lipinski definition) is 2. The molecule has 106 valence electrons. The van der Waals surface area contributed by atoms with Gasteiger partial charge in [-0.05, 0) is 50.7 Å². The largest absolute Gasteiger partial charge is 0.398 e. The fraction of sp³-hybridized carbons (Fsp3) is 0.308. The molecule has 0 radical (unpaired) electrons. The standard InChI is InChI=1S/C13H16N4O2S/c1-7(2)17-12(19)15-16-13(17)20-9-4-5-10(8(3)18)11(14)6-9/h4-7H,14H2,1-3H3,(H,15,19). The number of Topliss-reactive ketones (excluding diaryl/α,β-unsaturated/α-hetero) is 1. The fourth-order valence-corrected chi connectivity index (χ4v) is 2.86. The number of hydrogen-bond acceptors (Lipinski definition) is 5. The van der Waals surface area contributed by atoms with Crippen LogP contribution >= 0.6 is 11.8 Å². The van der Waals surface area contributed by atoms with Crippen LogP contribution in [0.2, 0.25) is 0 Å². The summed E-state index contributed by atoms with van der Waals surface area (Å²) < 4.78 is 1.57. The number of carbonyl (C=O) groups excluding carboxylic acids is 1. The summed E-state index contributed by atoms with van der Waals surface area (Å²) in [6, 6.07) is 5.20. The molecule has 2 rings (SSSR count). The number of anilines is 1. The summed E-state index contributed by atoms with van der Waals surface area (Å²) in [7, 11) is 0. The number of nitrogen functional groups attached to an aromatic ring is 1. The van der Waals surface area contributed by atoms with Crippen molar-refractivity contribution in [3.63, 3.8) is 0 Å². The number of nitrogens with zero attached hydrogens (tertiary/aromatic N) is 2. The summed E-state index contributed by atoms with van der Waals surface area (Å²) in [6.45, 7) is 5.30. The average molecular weight is 292 g/mol. The van der Waals surface area contributed by atoms with Crippen molar-refractivity contribution in [3.05, 3.63) is 34.2 Å². The minimum absolute atomic E-state index is 0.0117. The number of nitrogens with two attached hydrogens (primary N) is 1. The smallest absolute Gasteiger partial charge is 0.344 e. The van der Waals surface area contributed by atoms with Gasteiger partial charge in [0.2, 0.25) is 0 Å². The fourth-order valence-electron chi connectivity index (χ4n) is 1.85. The Labute approximate surface area is 120 Å². The molecule has 0 aliphatic heterocycles. The first-order valence-corrected chi connectivity index (χ1v) is 6.97.